The zero-order valence-corrected chi connectivity index (χ0v) is 20.5. The van der Waals surface area contributed by atoms with Gasteiger partial charge in [-0.1, -0.05) is 56.5 Å². The molecule has 4 nitrogen and oxygen atoms in total. The molecule has 2 atom stereocenters. The van der Waals surface area contributed by atoms with Gasteiger partial charge in [0, 0.05) is 10.6 Å². The fourth-order valence-electron chi connectivity index (χ4n) is 4.56. The van der Waals surface area contributed by atoms with Crippen molar-refractivity contribution in [2.24, 2.45) is 5.92 Å². The predicted octanol–water partition coefficient (Wildman–Crippen LogP) is 7.32. The molecule has 1 N–H and O–H groups in total. The van der Waals surface area contributed by atoms with Crippen LogP contribution in [-0.2, 0) is 19.3 Å². The summed E-state index contributed by atoms with van der Waals surface area (Å²) in [4.78, 5) is 10.1. The summed E-state index contributed by atoms with van der Waals surface area (Å²) in [5.41, 5.74) is 6.23. The first kappa shape index (κ1) is 22.9. The molecular formula is C26H29Cl2N3O. The van der Waals surface area contributed by atoms with Crippen molar-refractivity contribution in [3.05, 3.63) is 69.0 Å². The Hall–Kier alpha value is -2.30. The minimum Gasteiger partial charge on any atom is -0.497 e. The summed E-state index contributed by atoms with van der Waals surface area (Å²) in [5, 5.41) is 4.96. The summed E-state index contributed by atoms with van der Waals surface area (Å²) in [6, 6.07) is 12.1. The Kier molecular flexibility index (Phi) is 6.92. The number of aryl methyl sites for hydroxylation is 2. The number of nitrogens with one attached hydrogen (secondary N) is 1. The summed E-state index contributed by atoms with van der Waals surface area (Å²) in [6.45, 7) is 6.45. The van der Waals surface area contributed by atoms with Gasteiger partial charge in [0.05, 0.1) is 35.3 Å². The van der Waals surface area contributed by atoms with Crippen molar-refractivity contribution in [1.82, 2.24) is 9.97 Å². The van der Waals surface area contributed by atoms with Gasteiger partial charge in [-0.3, -0.25) is 0 Å². The first-order valence-electron chi connectivity index (χ1n) is 11.3. The van der Waals surface area contributed by atoms with E-state index in [9.17, 15) is 0 Å². The van der Waals surface area contributed by atoms with Gasteiger partial charge in [-0.25, -0.2) is 9.97 Å². The number of methoxy groups -OCH3 is 1. The summed E-state index contributed by atoms with van der Waals surface area (Å²) < 4.78 is 5.49. The molecule has 2 aromatic carbocycles. The van der Waals surface area contributed by atoms with Crippen LogP contribution in [0.15, 0.2) is 36.4 Å². The van der Waals surface area contributed by atoms with Gasteiger partial charge in [-0.2, -0.15) is 0 Å². The maximum absolute atomic E-state index is 6.51. The number of rotatable bonds is 7. The van der Waals surface area contributed by atoms with E-state index in [0.29, 0.717) is 16.0 Å². The summed E-state index contributed by atoms with van der Waals surface area (Å²) in [5.74, 6) is 2.24. The number of hydrogen-bond donors (Lipinski definition) is 1. The average Bonchev–Trinajstić information content (AvgIpc) is 3.15. The molecule has 32 heavy (non-hydrogen) atoms. The van der Waals surface area contributed by atoms with Crippen molar-refractivity contribution < 1.29 is 4.74 Å². The van der Waals surface area contributed by atoms with E-state index in [4.69, 9.17) is 37.9 Å². The lowest BCUT2D eigenvalue weighted by Crippen LogP contribution is -2.19. The van der Waals surface area contributed by atoms with Crippen LogP contribution in [0.2, 0.25) is 10.0 Å². The lowest BCUT2D eigenvalue weighted by Gasteiger charge is -2.24. The molecule has 0 spiro atoms. The standard InChI is InChI=1S/C26H29Cl2N3O/c1-5-15-12-16-8-10-18(32-4)14-20(16)24(15)31-26-23(7-3)29-25(22(6-2)30-26)19-11-9-17(27)13-21(19)28/h8-11,13-15,24H,5-7,12H2,1-4H3,(H,30,31)/t15-,24-/m1/s1. The molecule has 0 saturated carbocycles. The average molecular weight is 470 g/mol. The molecule has 0 radical (unpaired) electrons. The highest BCUT2D eigenvalue weighted by molar-refractivity contribution is 6.36. The van der Waals surface area contributed by atoms with Crippen molar-refractivity contribution >= 4 is 29.0 Å². The van der Waals surface area contributed by atoms with E-state index in [1.807, 2.05) is 18.2 Å². The van der Waals surface area contributed by atoms with Crippen molar-refractivity contribution in [1.29, 1.82) is 0 Å². The molecule has 1 aliphatic rings. The maximum Gasteiger partial charge on any atom is 0.148 e. The zero-order valence-electron chi connectivity index (χ0n) is 19.0. The predicted molar refractivity (Wildman–Crippen MR) is 133 cm³/mol. The van der Waals surface area contributed by atoms with Gasteiger partial charge in [0.25, 0.3) is 0 Å². The van der Waals surface area contributed by atoms with Crippen LogP contribution < -0.4 is 10.1 Å². The molecule has 0 fully saturated rings. The lowest BCUT2D eigenvalue weighted by atomic mass is 9.97. The third-order valence-electron chi connectivity index (χ3n) is 6.35. The number of nitrogens with zero attached hydrogens (tertiary/aromatic N) is 2. The van der Waals surface area contributed by atoms with E-state index < -0.39 is 0 Å². The normalized spacial score (nSPS) is 17.3. The molecule has 1 heterocycles. The smallest absolute Gasteiger partial charge is 0.148 e. The first-order chi connectivity index (χ1) is 15.5. The number of fused-ring (bicyclic) bond motifs is 1. The number of anilines is 1. The van der Waals surface area contributed by atoms with E-state index in [0.717, 1.165) is 59.9 Å². The molecule has 168 valence electrons. The molecule has 6 heteroatoms. The van der Waals surface area contributed by atoms with E-state index in [1.54, 1.807) is 13.2 Å². The van der Waals surface area contributed by atoms with E-state index in [1.165, 1.54) is 11.1 Å². The minimum atomic E-state index is 0.180. The van der Waals surface area contributed by atoms with E-state index >= 15 is 0 Å². The van der Waals surface area contributed by atoms with Crippen LogP contribution in [-0.4, -0.2) is 17.1 Å². The number of benzene rings is 2. The Balaban J connectivity index is 1.76. The van der Waals surface area contributed by atoms with Crippen molar-refractivity contribution in [3.8, 4) is 17.0 Å². The minimum absolute atomic E-state index is 0.180. The van der Waals surface area contributed by atoms with Crippen LogP contribution in [0.5, 0.6) is 5.75 Å². The monoisotopic (exact) mass is 469 g/mol. The second-order valence-electron chi connectivity index (χ2n) is 8.20. The topological polar surface area (TPSA) is 47.0 Å². The van der Waals surface area contributed by atoms with Crippen molar-refractivity contribution in [2.45, 2.75) is 52.5 Å². The van der Waals surface area contributed by atoms with Crippen LogP contribution in [0, 0.1) is 5.92 Å². The molecular weight excluding hydrogens is 441 g/mol. The number of ether oxygens (including phenoxy) is 1. The molecule has 3 aromatic rings. The highest BCUT2D eigenvalue weighted by Crippen LogP contribution is 2.42. The Morgan fingerprint density at radius 2 is 1.78 bits per heavy atom. The molecule has 0 unspecified atom stereocenters. The fourth-order valence-corrected chi connectivity index (χ4v) is 5.06. The van der Waals surface area contributed by atoms with Crippen molar-refractivity contribution in [3.63, 3.8) is 0 Å². The van der Waals surface area contributed by atoms with Crippen LogP contribution >= 0.6 is 23.2 Å². The van der Waals surface area contributed by atoms with Gasteiger partial charge in [-0.05, 0) is 66.6 Å². The Morgan fingerprint density at radius 3 is 2.44 bits per heavy atom. The van der Waals surface area contributed by atoms with Gasteiger partial charge in [0.15, 0.2) is 0 Å². The number of hydrogen-bond acceptors (Lipinski definition) is 4. The Morgan fingerprint density at radius 1 is 1.00 bits per heavy atom. The van der Waals surface area contributed by atoms with Crippen LogP contribution in [0.4, 0.5) is 5.82 Å². The third kappa shape index (κ3) is 4.31. The fraction of sp³-hybridized carbons (Fsp3) is 0.385. The SMILES string of the molecule is CCc1nc(-c2ccc(Cl)cc2Cl)c(CC)nc1N[C@H]1c2cc(OC)ccc2C[C@H]1CC. The van der Waals surface area contributed by atoms with Gasteiger partial charge < -0.3 is 10.1 Å². The van der Waals surface area contributed by atoms with Crippen LogP contribution in [0.1, 0.15) is 55.7 Å². The number of aromatic nitrogens is 2. The van der Waals surface area contributed by atoms with Gasteiger partial charge >= 0.3 is 0 Å². The van der Waals surface area contributed by atoms with Crippen molar-refractivity contribution in [2.75, 3.05) is 12.4 Å². The highest BCUT2D eigenvalue weighted by Gasteiger charge is 2.32. The Bertz CT molecular complexity index is 1130. The molecule has 0 aliphatic heterocycles. The molecule has 0 amide bonds. The molecule has 1 aliphatic carbocycles. The van der Waals surface area contributed by atoms with Gasteiger partial charge in [0.2, 0.25) is 0 Å². The van der Waals surface area contributed by atoms with E-state index in [-0.39, 0.29) is 6.04 Å². The zero-order chi connectivity index (χ0) is 22.8. The molecule has 0 saturated heterocycles. The van der Waals surface area contributed by atoms with E-state index in [2.05, 4.69) is 38.2 Å². The number of halogens is 2. The largest absolute Gasteiger partial charge is 0.497 e. The second-order valence-corrected chi connectivity index (χ2v) is 9.05. The first-order valence-corrected chi connectivity index (χ1v) is 12.0. The summed E-state index contributed by atoms with van der Waals surface area (Å²) in [6.07, 6.45) is 3.67. The quantitative estimate of drug-likeness (QED) is 0.393. The molecule has 4 rings (SSSR count). The summed E-state index contributed by atoms with van der Waals surface area (Å²) >= 11 is 12.6. The second kappa shape index (κ2) is 9.68. The Labute approximate surface area is 200 Å². The molecule has 1 aromatic heterocycles. The van der Waals surface area contributed by atoms with Crippen LogP contribution in [0.25, 0.3) is 11.3 Å². The third-order valence-corrected chi connectivity index (χ3v) is 6.90. The maximum atomic E-state index is 6.51. The lowest BCUT2D eigenvalue weighted by molar-refractivity contribution is 0.413. The van der Waals surface area contributed by atoms with Crippen LogP contribution in [0.3, 0.4) is 0 Å². The summed E-state index contributed by atoms with van der Waals surface area (Å²) in [7, 11) is 1.71. The highest BCUT2D eigenvalue weighted by atomic mass is 35.5. The van der Waals surface area contributed by atoms with Gasteiger partial charge in [0.1, 0.15) is 11.6 Å². The molecule has 0 bridgehead atoms. The van der Waals surface area contributed by atoms with Gasteiger partial charge in [-0.15, -0.1) is 0 Å².